The van der Waals surface area contributed by atoms with Gasteiger partial charge < -0.3 is 14.5 Å². The molecular formula is C16H14IrNO2S-. The standard InChI is InChI=1S/C16H14NO2S.Ir/c1-10-9-11(14-5-4-8-20-14)17-16-13(19-3)7-6-12(18-2)15(10)16;/h4,6-9H,1-3H3;/q-1;. The molecule has 1 aromatic carbocycles. The van der Waals surface area contributed by atoms with Gasteiger partial charge in [0.05, 0.1) is 14.2 Å². The number of rotatable bonds is 3. The minimum absolute atomic E-state index is 0. The first-order chi connectivity index (χ1) is 9.74. The number of methoxy groups -OCH3 is 2. The average Bonchev–Trinajstić information content (AvgIpc) is 3.00. The topological polar surface area (TPSA) is 31.4 Å². The van der Waals surface area contributed by atoms with Crippen molar-refractivity contribution in [2.24, 2.45) is 0 Å². The zero-order valence-electron chi connectivity index (χ0n) is 11.9. The van der Waals surface area contributed by atoms with Crippen LogP contribution in [0.1, 0.15) is 5.56 Å². The number of thiophene rings is 1. The second kappa shape index (κ2) is 6.56. The van der Waals surface area contributed by atoms with E-state index in [4.69, 9.17) is 14.5 Å². The molecule has 21 heavy (non-hydrogen) atoms. The van der Waals surface area contributed by atoms with Gasteiger partial charge in [0.1, 0.15) is 17.0 Å². The molecule has 0 amide bonds. The van der Waals surface area contributed by atoms with E-state index in [-0.39, 0.29) is 20.1 Å². The van der Waals surface area contributed by atoms with Crippen LogP contribution in [0.3, 0.4) is 0 Å². The van der Waals surface area contributed by atoms with E-state index in [1.54, 1.807) is 25.6 Å². The molecular weight excluding hydrogens is 462 g/mol. The number of ether oxygens (including phenoxy) is 2. The van der Waals surface area contributed by atoms with E-state index in [1.165, 1.54) is 0 Å². The Bertz CT molecular complexity index is 757. The maximum absolute atomic E-state index is 5.44. The van der Waals surface area contributed by atoms with E-state index in [0.29, 0.717) is 0 Å². The monoisotopic (exact) mass is 477 g/mol. The molecule has 5 heteroatoms. The number of aromatic nitrogens is 1. The van der Waals surface area contributed by atoms with Crippen molar-refractivity contribution in [1.82, 2.24) is 4.98 Å². The van der Waals surface area contributed by atoms with Crippen LogP contribution < -0.4 is 9.47 Å². The molecule has 0 spiro atoms. The van der Waals surface area contributed by atoms with Crippen molar-refractivity contribution in [2.45, 2.75) is 6.92 Å². The summed E-state index contributed by atoms with van der Waals surface area (Å²) in [6.45, 7) is 2.06. The van der Waals surface area contributed by atoms with E-state index in [2.05, 4.69) is 19.1 Å². The molecule has 0 saturated carbocycles. The summed E-state index contributed by atoms with van der Waals surface area (Å²) in [6.07, 6.45) is 0. The van der Waals surface area contributed by atoms with Crippen LogP contribution in [0.4, 0.5) is 0 Å². The minimum Gasteiger partial charge on any atom is -0.496 e. The Morgan fingerprint density at radius 3 is 2.48 bits per heavy atom. The smallest absolute Gasteiger partial charge is 0.144 e. The largest absolute Gasteiger partial charge is 0.496 e. The molecule has 111 valence electrons. The Morgan fingerprint density at radius 1 is 1.14 bits per heavy atom. The van der Waals surface area contributed by atoms with Crippen molar-refractivity contribution in [2.75, 3.05) is 14.2 Å². The molecule has 0 N–H and O–H groups in total. The molecule has 0 aliphatic carbocycles. The molecule has 2 aromatic heterocycles. The second-order valence-electron chi connectivity index (χ2n) is 4.41. The van der Waals surface area contributed by atoms with Gasteiger partial charge in [0.25, 0.3) is 0 Å². The van der Waals surface area contributed by atoms with Crippen LogP contribution in [0.2, 0.25) is 0 Å². The van der Waals surface area contributed by atoms with Crippen LogP contribution in [0, 0.1) is 13.0 Å². The first kappa shape index (κ1) is 16.0. The van der Waals surface area contributed by atoms with Crippen molar-refractivity contribution in [3.8, 4) is 22.1 Å². The van der Waals surface area contributed by atoms with Crippen molar-refractivity contribution < 1.29 is 29.6 Å². The normalized spacial score (nSPS) is 10.2. The molecule has 0 fully saturated rings. The van der Waals surface area contributed by atoms with Gasteiger partial charge in [-0.1, -0.05) is 10.9 Å². The summed E-state index contributed by atoms with van der Waals surface area (Å²) in [7, 11) is 3.32. The minimum atomic E-state index is 0. The van der Waals surface area contributed by atoms with E-state index < -0.39 is 0 Å². The summed E-state index contributed by atoms with van der Waals surface area (Å²) in [5, 5.41) is 2.99. The fraction of sp³-hybridized carbons (Fsp3) is 0.188. The third-order valence-electron chi connectivity index (χ3n) is 3.22. The number of pyridine rings is 1. The fourth-order valence-corrected chi connectivity index (χ4v) is 2.94. The number of hydrogen-bond acceptors (Lipinski definition) is 4. The number of hydrogen-bond donors (Lipinski definition) is 0. The molecule has 2 heterocycles. The Morgan fingerprint density at radius 2 is 1.86 bits per heavy atom. The summed E-state index contributed by atoms with van der Waals surface area (Å²) in [5.41, 5.74) is 2.85. The molecule has 0 atom stereocenters. The number of benzene rings is 1. The molecule has 0 aliphatic heterocycles. The van der Waals surface area contributed by atoms with Crippen LogP contribution >= 0.6 is 11.3 Å². The SMILES string of the molecule is COc1ccc(OC)c2c(C)cc(-c3[c-]ccs3)nc12.[Ir]. The molecule has 3 rings (SSSR count). The Labute approximate surface area is 141 Å². The van der Waals surface area contributed by atoms with E-state index in [0.717, 1.165) is 38.5 Å². The zero-order valence-corrected chi connectivity index (χ0v) is 15.1. The van der Waals surface area contributed by atoms with Gasteiger partial charge in [-0.2, -0.15) is 12.1 Å². The van der Waals surface area contributed by atoms with Gasteiger partial charge in [-0.05, 0) is 30.3 Å². The van der Waals surface area contributed by atoms with Gasteiger partial charge in [0, 0.05) is 25.5 Å². The molecule has 0 bridgehead atoms. The van der Waals surface area contributed by atoms with Crippen molar-refractivity contribution in [3.05, 3.63) is 41.3 Å². The van der Waals surface area contributed by atoms with Crippen LogP contribution in [0.15, 0.2) is 29.6 Å². The first-order valence-corrected chi connectivity index (χ1v) is 7.10. The first-order valence-electron chi connectivity index (χ1n) is 6.22. The maximum Gasteiger partial charge on any atom is 0.144 e. The van der Waals surface area contributed by atoms with E-state index in [9.17, 15) is 0 Å². The van der Waals surface area contributed by atoms with Gasteiger partial charge in [0.15, 0.2) is 0 Å². The number of nitrogens with zero attached hydrogens (tertiary/aromatic N) is 1. The predicted molar refractivity (Wildman–Crippen MR) is 81.7 cm³/mol. The Balaban J connectivity index is 0.00000161. The van der Waals surface area contributed by atoms with Gasteiger partial charge in [-0.25, -0.2) is 11.3 Å². The maximum atomic E-state index is 5.44. The van der Waals surface area contributed by atoms with Gasteiger partial charge in [-0.15, -0.1) is 5.38 Å². The van der Waals surface area contributed by atoms with Gasteiger partial charge in [0.2, 0.25) is 0 Å². The summed E-state index contributed by atoms with van der Waals surface area (Å²) in [5.74, 6) is 1.56. The van der Waals surface area contributed by atoms with Crippen molar-refractivity contribution in [1.29, 1.82) is 0 Å². The Kier molecular flexibility index (Phi) is 4.99. The van der Waals surface area contributed by atoms with Crippen LogP contribution in [-0.4, -0.2) is 19.2 Å². The molecule has 0 saturated heterocycles. The zero-order chi connectivity index (χ0) is 14.1. The number of fused-ring (bicyclic) bond motifs is 1. The van der Waals surface area contributed by atoms with Crippen molar-refractivity contribution >= 4 is 22.2 Å². The molecule has 3 nitrogen and oxygen atoms in total. The molecule has 0 aliphatic rings. The van der Waals surface area contributed by atoms with Gasteiger partial charge in [-0.3, -0.25) is 0 Å². The van der Waals surface area contributed by atoms with Gasteiger partial charge >= 0.3 is 0 Å². The van der Waals surface area contributed by atoms with E-state index >= 15 is 0 Å². The summed E-state index contributed by atoms with van der Waals surface area (Å²) < 4.78 is 10.9. The van der Waals surface area contributed by atoms with Crippen LogP contribution in [0.25, 0.3) is 21.5 Å². The number of aryl methyl sites for hydroxylation is 1. The summed E-state index contributed by atoms with van der Waals surface area (Å²) in [4.78, 5) is 5.76. The molecule has 1 radical (unpaired) electrons. The Hall–Kier alpha value is -1.42. The summed E-state index contributed by atoms with van der Waals surface area (Å²) >= 11 is 1.63. The predicted octanol–water partition coefficient (Wildman–Crippen LogP) is 4.09. The average molecular weight is 477 g/mol. The van der Waals surface area contributed by atoms with Crippen LogP contribution in [-0.2, 0) is 20.1 Å². The molecule has 0 unspecified atom stereocenters. The molecule has 3 aromatic rings. The quantitative estimate of drug-likeness (QED) is 0.534. The van der Waals surface area contributed by atoms with Crippen molar-refractivity contribution in [3.63, 3.8) is 0 Å². The second-order valence-corrected chi connectivity index (χ2v) is 5.33. The third-order valence-corrected chi connectivity index (χ3v) is 4.06. The summed E-state index contributed by atoms with van der Waals surface area (Å²) in [6, 6.07) is 11.0. The van der Waals surface area contributed by atoms with E-state index in [1.807, 2.05) is 23.6 Å². The third kappa shape index (κ3) is 2.82. The van der Waals surface area contributed by atoms with Crippen LogP contribution in [0.5, 0.6) is 11.5 Å². The fourth-order valence-electron chi connectivity index (χ4n) is 2.31.